The molecule has 6 heteroatoms. The van der Waals surface area contributed by atoms with Crippen LogP contribution in [-0.4, -0.2) is 28.2 Å². The van der Waals surface area contributed by atoms with E-state index in [4.69, 9.17) is 19.3 Å². The van der Waals surface area contributed by atoms with Gasteiger partial charge in [0.05, 0.1) is 12.8 Å². The number of rotatable bonds is 12. The largest absolute Gasteiger partial charge is 0.493 e. The molecule has 1 heterocycles. The van der Waals surface area contributed by atoms with Gasteiger partial charge >= 0.3 is 7.60 Å². The van der Waals surface area contributed by atoms with Crippen LogP contribution in [-0.2, 0) is 11.0 Å². The maximum Gasteiger partial charge on any atom is 0.328 e. The molecule has 0 radical (unpaired) electrons. The average molecular weight is 427 g/mol. The molecule has 0 fully saturated rings. The van der Waals surface area contributed by atoms with Gasteiger partial charge in [-0.2, -0.15) is 0 Å². The highest BCUT2D eigenvalue weighted by molar-refractivity contribution is 7.51. The second-order valence-electron chi connectivity index (χ2n) is 9.38. The Hall–Kier alpha value is -1.03. The van der Waals surface area contributed by atoms with Crippen molar-refractivity contribution in [2.24, 2.45) is 11.8 Å². The van der Waals surface area contributed by atoms with Gasteiger partial charge in [0.15, 0.2) is 0 Å². The molecule has 2 rings (SSSR count). The lowest BCUT2D eigenvalue weighted by atomic mass is 9.86. The molecule has 0 aromatic heterocycles. The molecule has 0 aliphatic carbocycles. The minimum atomic E-state index is -4.02. The topological polar surface area (TPSA) is 76.0 Å². The Morgan fingerprint density at radius 1 is 1.17 bits per heavy atom. The molecule has 1 aromatic carbocycles. The Morgan fingerprint density at radius 2 is 1.90 bits per heavy atom. The second kappa shape index (κ2) is 10.8. The van der Waals surface area contributed by atoms with E-state index in [1.165, 1.54) is 32.1 Å². The first-order chi connectivity index (χ1) is 13.6. The lowest BCUT2D eigenvalue weighted by molar-refractivity contribution is 0.0523. The molecule has 1 aliphatic heterocycles. The fraction of sp³-hybridized carbons (Fsp3) is 0.739. The first-order valence-electron chi connectivity index (χ1n) is 11.1. The second-order valence-corrected chi connectivity index (χ2v) is 11.2. The van der Waals surface area contributed by atoms with Crippen LogP contribution >= 0.6 is 7.60 Å². The Labute approximate surface area is 176 Å². The van der Waals surface area contributed by atoms with Crippen molar-refractivity contribution in [1.29, 1.82) is 0 Å². The van der Waals surface area contributed by atoms with E-state index < -0.39 is 7.60 Å². The van der Waals surface area contributed by atoms with E-state index in [-0.39, 0.29) is 18.4 Å². The van der Waals surface area contributed by atoms with Crippen molar-refractivity contribution in [3.8, 4) is 11.5 Å². The lowest BCUT2D eigenvalue weighted by Crippen LogP contribution is -2.36. The van der Waals surface area contributed by atoms with Gasteiger partial charge < -0.3 is 19.3 Å². The molecule has 2 N–H and O–H groups in total. The summed E-state index contributed by atoms with van der Waals surface area (Å²) < 4.78 is 22.8. The van der Waals surface area contributed by atoms with Gasteiger partial charge in [0.2, 0.25) is 0 Å². The summed E-state index contributed by atoms with van der Waals surface area (Å²) in [4.78, 5) is 17.9. The predicted molar refractivity (Wildman–Crippen MR) is 118 cm³/mol. The van der Waals surface area contributed by atoms with Crippen molar-refractivity contribution in [1.82, 2.24) is 0 Å². The summed E-state index contributed by atoms with van der Waals surface area (Å²) in [6, 6.07) is 5.68. The van der Waals surface area contributed by atoms with E-state index >= 15 is 0 Å². The van der Waals surface area contributed by atoms with Crippen molar-refractivity contribution < 1.29 is 23.8 Å². The zero-order valence-electron chi connectivity index (χ0n) is 18.5. The molecular weight excluding hydrogens is 387 g/mol. The van der Waals surface area contributed by atoms with Crippen molar-refractivity contribution >= 4 is 7.60 Å². The molecular formula is C23H39O5P. The van der Waals surface area contributed by atoms with Crippen LogP contribution in [0.5, 0.6) is 11.5 Å². The summed E-state index contributed by atoms with van der Waals surface area (Å²) in [5.74, 6) is 3.13. The van der Waals surface area contributed by atoms with E-state index in [9.17, 15) is 4.57 Å². The van der Waals surface area contributed by atoms with Crippen molar-refractivity contribution in [3.05, 3.63) is 23.8 Å². The van der Waals surface area contributed by atoms with Crippen LogP contribution in [0.4, 0.5) is 0 Å². The van der Waals surface area contributed by atoms with Gasteiger partial charge in [0.1, 0.15) is 17.1 Å². The summed E-state index contributed by atoms with van der Waals surface area (Å²) in [6.45, 7) is 9.18. The summed E-state index contributed by atoms with van der Waals surface area (Å²) in [6.07, 6.45) is 9.15. The molecule has 5 nitrogen and oxygen atoms in total. The van der Waals surface area contributed by atoms with Gasteiger partial charge in [0, 0.05) is 0 Å². The molecule has 0 spiro atoms. The highest BCUT2D eigenvalue weighted by Gasteiger charge is 2.31. The summed E-state index contributed by atoms with van der Waals surface area (Å²) in [5.41, 5.74) is 0.992. The smallest absolute Gasteiger partial charge is 0.328 e. The highest BCUT2D eigenvalue weighted by Crippen LogP contribution is 2.38. The fourth-order valence-electron chi connectivity index (χ4n) is 3.96. The third kappa shape index (κ3) is 9.11. The van der Waals surface area contributed by atoms with E-state index in [2.05, 4.69) is 27.7 Å². The number of hydrogen-bond donors (Lipinski definition) is 2. The van der Waals surface area contributed by atoms with Gasteiger partial charge in [-0.05, 0) is 68.2 Å². The lowest BCUT2D eigenvalue weighted by Gasteiger charge is -2.36. The van der Waals surface area contributed by atoms with Crippen LogP contribution in [0, 0.1) is 11.8 Å². The molecule has 0 saturated heterocycles. The highest BCUT2D eigenvalue weighted by atomic mass is 31.2. The van der Waals surface area contributed by atoms with Gasteiger partial charge in [-0.15, -0.1) is 0 Å². The molecule has 2 unspecified atom stereocenters. The molecule has 0 saturated carbocycles. The number of benzene rings is 1. The normalized spacial score (nSPS) is 20.2. The first-order valence-corrected chi connectivity index (χ1v) is 12.9. The molecule has 166 valence electrons. The van der Waals surface area contributed by atoms with Crippen molar-refractivity contribution in [2.45, 2.75) is 84.7 Å². The summed E-state index contributed by atoms with van der Waals surface area (Å²) >= 11 is 0. The molecule has 1 aromatic rings. The quantitative estimate of drug-likeness (QED) is 0.403. The Balaban J connectivity index is 1.78. The summed E-state index contributed by atoms with van der Waals surface area (Å²) in [5, 5.41) is 0. The van der Waals surface area contributed by atoms with Crippen LogP contribution in [0.15, 0.2) is 18.2 Å². The number of ether oxygens (including phenoxy) is 2. The van der Waals surface area contributed by atoms with E-state index in [0.717, 1.165) is 42.4 Å². The van der Waals surface area contributed by atoms with Crippen LogP contribution in [0.25, 0.3) is 0 Å². The molecule has 2 atom stereocenters. The zero-order valence-corrected chi connectivity index (χ0v) is 19.4. The Kier molecular flexibility index (Phi) is 9.06. The van der Waals surface area contributed by atoms with Crippen LogP contribution < -0.4 is 9.47 Å². The van der Waals surface area contributed by atoms with Crippen LogP contribution in [0.2, 0.25) is 0 Å². The number of hydrogen-bond acceptors (Lipinski definition) is 3. The van der Waals surface area contributed by atoms with Gasteiger partial charge in [0.25, 0.3) is 0 Å². The molecule has 29 heavy (non-hydrogen) atoms. The third-order valence-electron chi connectivity index (χ3n) is 5.84. The van der Waals surface area contributed by atoms with E-state index in [1.807, 2.05) is 18.2 Å². The minimum absolute atomic E-state index is 0.0109. The third-order valence-corrected chi connectivity index (χ3v) is 6.61. The fourth-order valence-corrected chi connectivity index (χ4v) is 4.29. The number of aryl methyl sites for hydroxylation is 1. The Morgan fingerprint density at radius 3 is 2.59 bits per heavy atom. The van der Waals surface area contributed by atoms with E-state index in [1.54, 1.807) is 0 Å². The molecule has 0 bridgehead atoms. The SMILES string of the molecule is CC(C)CCCC(C)CCCC1(C)CCc2cc(OCCP(=O)(O)O)ccc2O1. The van der Waals surface area contributed by atoms with Crippen LogP contribution in [0.1, 0.15) is 78.2 Å². The van der Waals surface area contributed by atoms with Crippen LogP contribution in [0.3, 0.4) is 0 Å². The standard InChI is InChI=1S/C23H39O5P/c1-18(2)7-5-8-19(3)9-6-13-23(4)14-12-20-17-21(10-11-22(20)28-23)27-15-16-29(24,25)26/h10-11,17-19H,5-9,12-16H2,1-4H3,(H2,24,25,26). The molecule has 0 amide bonds. The monoisotopic (exact) mass is 426 g/mol. The van der Waals surface area contributed by atoms with E-state index in [0.29, 0.717) is 5.75 Å². The zero-order chi connectivity index (χ0) is 21.5. The average Bonchev–Trinajstić information content (AvgIpc) is 2.60. The number of fused-ring (bicyclic) bond motifs is 1. The van der Waals surface area contributed by atoms with Crippen molar-refractivity contribution in [3.63, 3.8) is 0 Å². The maximum absolute atomic E-state index is 10.9. The van der Waals surface area contributed by atoms with Gasteiger partial charge in [-0.1, -0.05) is 46.5 Å². The first kappa shape index (κ1) is 24.2. The van der Waals surface area contributed by atoms with Gasteiger partial charge in [-0.3, -0.25) is 4.57 Å². The Bertz CT molecular complexity index is 684. The minimum Gasteiger partial charge on any atom is -0.493 e. The molecule has 1 aliphatic rings. The summed E-state index contributed by atoms with van der Waals surface area (Å²) in [7, 11) is -4.02. The predicted octanol–water partition coefficient (Wildman–Crippen LogP) is 5.96. The maximum atomic E-state index is 10.9. The van der Waals surface area contributed by atoms with Gasteiger partial charge in [-0.25, -0.2) is 0 Å². The van der Waals surface area contributed by atoms with Crippen molar-refractivity contribution in [2.75, 3.05) is 12.8 Å².